The highest BCUT2D eigenvalue weighted by molar-refractivity contribution is 7.80. The van der Waals surface area contributed by atoms with Crippen LogP contribution in [0.15, 0.2) is 48.5 Å². The van der Waals surface area contributed by atoms with E-state index in [0.717, 1.165) is 0 Å². The third-order valence-corrected chi connectivity index (χ3v) is 3.22. The van der Waals surface area contributed by atoms with Gasteiger partial charge in [0.25, 0.3) is 0 Å². The number of hydrogen-bond acceptors (Lipinski definition) is 2. The van der Waals surface area contributed by atoms with Crippen molar-refractivity contribution in [3.63, 3.8) is 0 Å². The number of nitrogens with one attached hydrogen (secondary N) is 2. The fourth-order valence-electron chi connectivity index (χ4n) is 1.91. The fourth-order valence-corrected chi connectivity index (χ4v) is 2.13. The van der Waals surface area contributed by atoms with E-state index in [9.17, 15) is 13.2 Å². The Morgan fingerprint density at radius 2 is 1.78 bits per heavy atom. The summed E-state index contributed by atoms with van der Waals surface area (Å²) in [6.07, 6.45) is 0.496. The van der Waals surface area contributed by atoms with Gasteiger partial charge in [-0.15, -0.1) is 0 Å². The summed E-state index contributed by atoms with van der Waals surface area (Å²) in [4.78, 5) is 0. The van der Waals surface area contributed by atoms with E-state index in [4.69, 9.17) is 12.2 Å². The molecule has 0 aromatic heterocycles. The molecule has 0 heterocycles. The first-order chi connectivity index (χ1) is 11.0. The van der Waals surface area contributed by atoms with Gasteiger partial charge in [-0.25, -0.2) is 4.39 Å². The highest BCUT2D eigenvalue weighted by atomic mass is 32.1. The molecule has 0 saturated carbocycles. The average Bonchev–Trinajstić information content (AvgIpc) is 2.51. The van der Waals surface area contributed by atoms with E-state index in [1.165, 1.54) is 18.2 Å². The molecule has 0 unspecified atom stereocenters. The molecular formula is C16H15F3N2OS. The fraction of sp³-hybridized carbons (Fsp3) is 0.188. The van der Waals surface area contributed by atoms with Crippen LogP contribution in [0.2, 0.25) is 0 Å². The Labute approximate surface area is 137 Å². The minimum Gasteiger partial charge on any atom is -0.435 e. The third kappa shape index (κ3) is 5.78. The minimum atomic E-state index is -2.85. The smallest absolute Gasteiger partial charge is 0.387 e. The van der Waals surface area contributed by atoms with Crippen molar-refractivity contribution in [3.05, 3.63) is 59.9 Å². The minimum absolute atomic E-state index is 0.0731. The molecule has 0 amide bonds. The van der Waals surface area contributed by atoms with Gasteiger partial charge in [0.15, 0.2) is 5.11 Å². The third-order valence-electron chi connectivity index (χ3n) is 2.98. The number of alkyl halides is 2. The van der Waals surface area contributed by atoms with Crippen LogP contribution in [-0.2, 0) is 6.42 Å². The van der Waals surface area contributed by atoms with E-state index in [2.05, 4.69) is 15.4 Å². The van der Waals surface area contributed by atoms with Gasteiger partial charge < -0.3 is 15.4 Å². The zero-order valence-electron chi connectivity index (χ0n) is 12.1. The Bertz CT molecular complexity index is 650. The monoisotopic (exact) mass is 340 g/mol. The molecule has 0 saturated heterocycles. The highest BCUT2D eigenvalue weighted by Gasteiger charge is 2.05. The largest absolute Gasteiger partial charge is 0.435 e. The van der Waals surface area contributed by atoms with Crippen LogP contribution in [0.5, 0.6) is 5.75 Å². The molecule has 2 aromatic rings. The number of ether oxygens (including phenoxy) is 1. The summed E-state index contributed by atoms with van der Waals surface area (Å²) >= 11 is 5.12. The van der Waals surface area contributed by atoms with E-state index >= 15 is 0 Å². The van der Waals surface area contributed by atoms with Crippen molar-refractivity contribution in [1.82, 2.24) is 5.32 Å². The van der Waals surface area contributed by atoms with Gasteiger partial charge in [-0.05, 0) is 54.5 Å². The predicted octanol–water partition coefficient (Wildman–Crippen LogP) is 3.96. The van der Waals surface area contributed by atoms with Gasteiger partial charge in [0, 0.05) is 12.2 Å². The lowest BCUT2D eigenvalue weighted by molar-refractivity contribution is -0.0498. The lowest BCUT2D eigenvalue weighted by Crippen LogP contribution is -2.30. The molecule has 0 spiro atoms. The molecule has 2 aromatic carbocycles. The van der Waals surface area contributed by atoms with Gasteiger partial charge in [0.1, 0.15) is 11.6 Å². The Morgan fingerprint density at radius 3 is 2.43 bits per heavy atom. The second-order valence-electron chi connectivity index (χ2n) is 4.63. The Balaban J connectivity index is 1.77. The molecule has 0 aliphatic carbocycles. The summed E-state index contributed by atoms with van der Waals surface area (Å²) in [5.41, 5.74) is 1.24. The molecule has 0 atom stereocenters. The lowest BCUT2D eigenvalue weighted by atomic mass is 10.1. The maximum atomic E-state index is 13.4. The molecule has 2 N–H and O–H groups in total. The van der Waals surface area contributed by atoms with Gasteiger partial charge >= 0.3 is 6.61 Å². The number of anilines is 1. The van der Waals surface area contributed by atoms with Crippen LogP contribution >= 0.6 is 12.2 Å². The van der Waals surface area contributed by atoms with Crippen LogP contribution in [0, 0.1) is 5.82 Å². The number of thiocarbonyl (C=S) groups is 1. The SMILES string of the molecule is Fc1ccccc1CCNC(=S)Nc1ccc(OC(F)F)cc1. The molecule has 0 radical (unpaired) electrons. The van der Waals surface area contributed by atoms with Crippen molar-refractivity contribution in [1.29, 1.82) is 0 Å². The van der Waals surface area contributed by atoms with Crippen LogP contribution in [0.4, 0.5) is 18.9 Å². The lowest BCUT2D eigenvalue weighted by Gasteiger charge is -2.11. The van der Waals surface area contributed by atoms with E-state index in [1.807, 2.05) is 0 Å². The first-order valence-corrected chi connectivity index (χ1v) is 7.28. The number of halogens is 3. The molecule has 0 bridgehead atoms. The first kappa shape index (κ1) is 17.1. The van der Waals surface area contributed by atoms with Crippen LogP contribution in [-0.4, -0.2) is 18.3 Å². The first-order valence-electron chi connectivity index (χ1n) is 6.88. The zero-order chi connectivity index (χ0) is 16.7. The van der Waals surface area contributed by atoms with Crippen LogP contribution < -0.4 is 15.4 Å². The molecule has 0 aliphatic rings. The number of hydrogen-bond donors (Lipinski definition) is 2. The molecule has 2 rings (SSSR count). The molecule has 0 aliphatic heterocycles. The van der Waals surface area contributed by atoms with E-state index < -0.39 is 6.61 Å². The molecule has 3 nitrogen and oxygen atoms in total. The summed E-state index contributed by atoms with van der Waals surface area (Å²) in [5, 5.41) is 6.23. The average molecular weight is 340 g/mol. The van der Waals surface area contributed by atoms with Crippen molar-refractivity contribution < 1.29 is 17.9 Å². The summed E-state index contributed by atoms with van der Waals surface area (Å²) < 4.78 is 41.8. The maximum absolute atomic E-state index is 13.4. The van der Waals surface area contributed by atoms with Gasteiger partial charge in [-0.2, -0.15) is 8.78 Å². The summed E-state index contributed by atoms with van der Waals surface area (Å²) in [6, 6.07) is 12.5. The normalized spacial score (nSPS) is 10.4. The Kier molecular flexibility index (Phi) is 6.22. The van der Waals surface area contributed by atoms with Crippen LogP contribution in [0.25, 0.3) is 0 Å². The maximum Gasteiger partial charge on any atom is 0.387 e. The number of rotatable bonds is 6. The number of benzene rings is 2. The molecule has 23 heavy (non-hydrogen) atoms. The van der Waals surface area contributed by atoms with E-state index in [0.29, 0.717) is 29.3 Å². The summed E-state index contributed by atoms with van der Waals surface area (Å²) in [7, 11) is 0. The van der Waals surface area contributed by atoms with Crippen molar-refractivity contribution in [3.8, 4) is 5.75 Å². The molecular weight excluding hydrogens is 325 g/mol. The van der Waals surface area contributed by atoms with Crippen molar-refractivity contribution in [2.75, 3.05) is 11.9 Å². The predicted molar refractivity (Wildman–Crippen MR) is 87.4 cm³/mol. The summed E-state index contributed by atoms with van der Waals surface area (Å²) in [5.74, 6) is -0.174. The van der Waals surface area contributed by atoms with Crippen LogP contribution in [0.1, 0.15) is 5.56 Å². The summed E-state index contributed by atoms with van der Waals surface area (Å²) in [6.45, 7) is -2.38. The van der Waals surface area contributed by atoms with Crippen molar-refractivity contribution >= 4 is 23.0 Å². The van der Waals surface area contributed by atoms with E-state index in [-0.39, 0.29) is 11.6 Å². The molecule has 7 heteroatoms. The second kappa shape index (κ2) is 8.38. The van der Waals surface area contributed by atoms with Crippen LogP contribution in [0.3, 0.4) is 0 Å². The van der Waals surface area contributed by atoms with Gasteiger partial charge in [0.05, 0.1) is 0 Å². The standard InChI is InChI=1S/C16H15F3N2OS/c17-14-4-2-1-3-11(14)9-10-20-16(23)21-12-5-7-13(8-6-12)22-15(18)19/h1-8,15H,9-10H2,(H2,20,21,23). The molecule has 122 valence electrons. The molecule has 0 fully saturated rings. The second-order valence-corrected chi connectivity index (χ2v) is 5.03. The Morgan fingerprint density at radius 1 is 1.09 bits per heavy atom. The van der Waals surface area contributed by atoms with Gasteiger partial charge in [-0.3, -0.25) is 0 Å². The van der Waals surface area contributed by atoms with Crippen molar-refractivity contribution in [2.45, 2.75) is 13.0 Å². The zero-order valence-corrected chi connectivity index (χ0v) is 12.9. The topological polar surface area (TPSA) is 33.3 Å². The van der Waals surface area contributed by atoms with E-state index in [1.54, 1.807) is 30.3 Å². The van der Waals surface area contributed by atoms with Gasteiger partial charge in [0.2, 0.25) is 0 Å². The Hall–Kier alpha value is -2.28. The highest BCUT2D eigenvalue weighted by Crippen LogP contribution is 2.17. The van der Waals surface area contributed by atoms with Gasteiger partial charge in [-0.1, -0.05) is 18.2 Å². The quantitative estimate of drug-likeness (QED) is 0.780. The van der Waals surface area contributed by atoms with Crippen molar-refractivity contribution in [2.24, 2.45) is 0 Å².